The number of nitrogens with one attached hydrogen (secondary N) is 2. The Kier molecular flexibility index (Phi) is 5.08. The van der Waals surface area contributed by atoms with Crippen LogP contribution in [0.1, 0.15) is 38.1 Å². The summed E-state index contributed by atoms with van der Waals surface area (Å²) >= 11 is 0. The minimum Gasteiger partial charge on any atom is -0.393 e. The van der Waals surface area contributed by atoms with Crippen LogP contribution in [0.2, 0.25) is 0 Å². The van der Waals surface area contributed by atoms with Crippen molar-refractivity contribution in [3.8, 4) is 0 Å². The van der Waals surface area contributed by atoms with Crippen LogP contribution in [-0.2, 0) is 0 Å². The molecular formula is C13H24N4O2. The number of aromatic nitrogens is 2. The Morgan fingerprint density at radius 1 is 1.26 bits per heavy atom. The number of rotatable bonds is 6. The predicted octanol–water partition coefficient (Wildman–Crippen LogP) is 1.11. The van der Waals surface area contributed by atoms with Crippen LogP contribution >= 0.6 is 0 Å². The summed E-state index contributed by atoms with van der Waals surface area (Å²) in [5.41, 5.74) is -0.282. The summed E-state index contributed by atoms with van der Waals surface area (Å²) in [5.74, 6) is 2.40. The molecule has 1 aromatic heterocycles. The van der Waals surface area contributed by atoms with E-state index in [-0.39, 0.29) is 19.1 Å². The molecule has 0 saturated carbocycles. The van der Waals surface area contributed by atoms with Gasteiger partial charge in [0.25, 0.3) is 0 Å². The van der Waals surface area contributed by atoms with Gasteiger partial charge in [0.2, 0.25) is 0 Å². The molecule has 1 aromatic rings. The van der Waals surface area contributed by atoms with E-state index in [9.17, 15) is 5.11 Å². The molecule has 0 aliphatic carbocycles. The lowest BCUT2D eigenvalue weighted by Crippen LogP contribution is -2.37. The summed E-state index contributed by atoms with van der Waals surface area (Å²) in [4.78, 5) is 8.90. The minimum atomic E-state index is -1.17. The van der Waals surface area contributed by atoms with E-state index in [4.69, 9.17) is 5.11 Å². The van der Waals surface area contributed by atoms with Crippen LogP contribution in [0.3, 0.4) is 0 Å². The Balaban J connectivity index is 3.02. The standard InChI is InChI=1S/C13H24N4O2/c1-8(2)10-16-11(14-5)9(3)12(17-10)15-6-13(4,19)7-18/h8,18-19H,6-7H2,1-5H3,(H2,14,15,16,17). The third-order valence-electron chi connectivity index (χ3n) is 2.89. The Labute approximate surface area is 114 Å². The van der Waals surface area contributed by atoms with Crippen molar-refractivity contribution in [2.45, 2.75) is 39.2 Å². The number of hydrogen-bond acceptors (Lipinski definition) is 6. The molecule has 0 aromatic carbocycles. The molecule has 1 rings (SSSR count). The van der Waals surface area contributed by atoms with Crippen molar-refractivity contribution in [2.24, 2.45) is 0 Å². The van der Waals surface area contributed by atoms with E-state index < -0.39 is 5.60 Å². The van der Waals surface area contributed by atoms with Crippen LogP contribution in [0.25, 0.3) is 0 Å². The first-order valence-electron chi connectivity index (χ1n) is 6.44. The van der Waals surface area contributed by atoms with E-state index in [0.29, 0.717) is 5.82 Å². The van der Waals surface area contributed by atoms with Crippen LogP contribution < -0.4 is 10.6 Å². The smallest absolute Gasteiger partial charge is 0.135 e. The second-order valence-corrected chi connectivity index (χ2v) is 5.32. The quantitative estimate of drug-likeness (QED) is 0.618. The van der Waals surface area contributed by atoms with Gasteiger partial charge in [0.15, 0.2) is 0 Å². The molecule has 0 saturated heterocycles. The van der Waals surface area contributed by atoms with E-state index in [1.807, 2.05) is 27.8 Å². The molecule has 1 atom stereocenters. The Morgan fingerprint density at radius 2 is 1.84 bits per heavy atom. The summed E-state index contributed by atoms with van der Waals surface area (Å²) < 4.78 is 0. The van der Waals surface area contributed by atoms with Crippen molar-refractivity contribution in [1.82, 2.24) is 9.97 Å². The lowest BCUT2D eigenvalue weighted by atomic mass is 10.1. The van der Waals surface area contributed by atoms with E-state index >= 15 is 0 Å². The van der Waals surface area contributed by atoms with E-state index in [0.717, 1.165) is 17.2 Å². The van der Waals surface area contributed by atoms with Gasteiger partial charge in [-0.3, -0.25) is 0 Å². The summed E-state index contributed by atoms with van der Waals surface area (Å²) in [6.07, 6.45) is 0. The van der Waals surface area contributed by atoms with Gasteiger partial charge in [-0.2, -0.15) is 0 Å². The maximum Gasteiger partial charge on any atom is 0.135 e. The molecular weight excluding hydrogens is 244 g/mol. The maximum absolute atomic E-state index is 9.81. The van der Waals surface area contributed by atoms with Crippen molar-refractivity contribution in [3.05, 3.63) is 11.4 Å². The fraction of sp³-hybridized carbons (Fsp3) is 0.692. The highest BCUT2D eigenvalue weighted by atomic mass is 16.3. The molecule has 0 amide bonds. The van der Waals surface area contributed by atoms with Crippen LogP contribution in [0.15, 0.2) is 0 Å². The second-order valence-electron chi connectivity index (χ2n) is 5.32. The highest BCUT2D eigenvalue weighted by Crippen LogP contribution is 2.23. The van der Waals surface area contributed by atoms with Gasteiger partial charge in [0, 0.05) is 25.1 Å². The van der Waals surface area contributed by atoms with Crippen molar-refractivity contribution >= 4 is 11.6 Å². The first kappa shape index (κ1) is 15.7. The topological polar surface area (TPSA) is 90.3 Å². The average molecular weight is 268 g/mol. The molecule has 0 bridgehead atoms. The fourth-order valence-electron chi connectivity index (χ4n) is 1.54. The molecule has 6 heteroatoms. The van der Waals surface area contributed by atoms with Crippen molar-refractivity contribution in [3.63, 3.8) is 0 Å². The summed E-state index contributed by atoms with van der Waals surface area (Å²) in [7, 11) is 1.81. The first-order chi connectivity index (χ1) is 8.80. The van der Waals surface area contributed by atoms with E-state index in [1.165, 1.54) is 0 Å². The van der Waals surface area contributed by atoms with Crippen LogP contribution in [-0.4, -0.2) is 46.0 Å². The fourth-order valence-corrected chi connectivity index (χ4v) is 1.54. The molecule has 19 heavy (non-hydrogen) atoms. The maximum atomic E-state index is 9.81. The Bertz CT molecular complexity index is 433. The number of aliphatic hydroxyl groups excluding tert-OH is 1. The molecule has 0 aliphatic rings. The number of nitrogens with zero attached hydrogens (tertiary/aromatic N) is 2. The SMILES string of the molecule is CNc1nc(C(C)C)nc(NCC(C)(O)CO)c1C. The first-order valence-corrected chi connectivity index (χ1v) is 6.44. The lowest BCUT2D eigenvalue weighted by molar-refractivity contribution is 0.0131. The molecule has 108 valence electrons. The zero-order chi connectivity index (χ0) is 14.6. The zero-order valence-electron chi connectivity index (χ0n) is 12.3. The molecule has 0 aliphatic heterocycles. The Morgan fingerprint density at radius 3 is 2.32 bits per heavy atom. The number of aliphatic hydroxyl groups is 2. The number of hydrogen-bond donors (Lipinski definition) is 4. The number of anilines is 2. The zero-order valence-corrected chi connectivity index (χ0v) is 12.3. The highest BCUT2D eigenvalue weighted by Gasteiger charge is 2.20. The van der Waals surface area contributed by atoms with Crippen LogP contribution in [0.5, 0.6) is 0 Å². The normalized spacial score (nSPS) is 14.3. The van der Waals surface area contributed by atoms with Crippen molar-refractivity contribution < 1.29 is 10.2 Å². The monoisotopic (exact) mass is 268 g/mol. The average Bonchev–Trinajstić information content (AvgIpc) is 2.37. The largest absolute Gasteiger partial charge is 0.393 e. The molecule has 1 unspecified atom stereocenters. The molecule has 1 heterocycles. The molecule has 0 spiro atoms. The summed E-state index contributed by atoms with van der Waals surface area (Å²) in [5, 5.41) is 25.0. The van der Waals surface area contributed by atoms with Gasteiger partial charge in [-0.25, -0.2) is 9.97 Å². The van der Waals surface area contributed by atoms with Crippen LogP contribution in [0, 0.1) is 6.92 Å². The lowest BCUT2D eigenvalue weighted by Gasteiger charge is -2.22. The highest BCUT2D eigenvalue weighted by molar-refractivity contribution is 5.57. The van der Waals surface area contributed by atoms with Gasteiger partial charge in [-0.05, 0) is 13.8 Å². The van der Waals surface area contributed by atoms with Gasteiger partial charge >= 0.3 is 0 Å². The van der Waals surface area contributed by atoms with Crippen molar-refractivity contribution in [2.75, 3.05) is 30.8 Å². The summed E-state index contributed by atoms with van der Waals surface area (Å²) in [6, 6.07) is 0. The van der Waals surface area contributed by atoms with Crippen LogP contribution in [0.4, 0.5) is 11.6 Å². The van der Waals surface area contributed by atoms with Gasteiger partial charge < -0.3 is 20.8 Å². The van der Waals surface area contributed by atoms with Gasteiger partial charge in [-0.15, -0.1) is 0 Å². The molecule has 4 N–H and O–H groups in total. The third-order valence-corrected chi connectivity index (χ3v) is 2.89. The van der Waals surface area contributed by atoms with Crippen molar-refractivity contribution in [1.29, 1.82) is 0 Å². The molecule has 0 fully saturated rings. The Hall–Kier alpha value is -1.40. The summed E-state index contributed by atoms with van der Waals surface area (Å²) in [6.45, 7) is 7.45. The van der Waals surface area contributed by atoms with Gasteiger partial charge in [0.05, 0.1) is 6.61 Å². The van der Waals surface area contributed by atoms with E-state index in [1.54, 1.807) is 6.92 Å². The van der Waals surface area contributed by atoms with Gasteiger partial charge in [-0.1, -0.05) is 13.8 Å². The predicted molar refractivity (Wildman–Crippen MR) is 76.6 cm³/mol. The minimum absolute atomic E-state index is 0.214. The van der Waals surface area contributed by atoms with E-state index in [2.05, 4.69) is 20.6 Å². The molecule has 6 nitrogen and oxygen atoms in total. The molecule has 0 radical (unpaired) electrons. The second kappa shape index (κ2) is 6.16. The van der Waals surface area contributed by atoms with Gasteiger partial charge in [0.1, 0.15) is 23.1 Å². The third kappa shape index (κ3) is 4.04.